The minimum atomic E-state index is -0.654. The molecule has 0 saturated carbocycles. The molecule has 0 fully saturated rings. The van der Waals surface area contributed by atoms with E-state index in [1.54, 1.807) is 19.1 Å². The predicted octanol–water partition coefficient (Wildman–Crippen LogP) is 1.16. The molecule has 7 heteroatoms. The fraction of sp³-hybridized carbons (Fsp3) is 0.714. The average Bonchev–Trinajstić information content (AvgIpc) is 2.38. The molecule has 1 heterocycles. The first-order valence-electron chi connectivity index (χ1n) is 6.83. The number of hydrogen-bond acceptors (Lipinski definition) is 7. The van der Waals surface area contributed by atoms with Gasteiger partial charge in [0.05, 0.1) is 0 Å². The van der Waals surface area contributed by atoms with Crippen molar-refractivity contribution in [3.8, 4) is 0 Å². The van der Waals surface area contributed by atoms with Gasteiger partial charge in [-0.15, -0.1) is 0 Å². The van der Waals surface area contributed by atoms with Gasteiger partial charge in [0, 0.05) is 20.5 Å². The van der Waals surface area contributed by atoms with Crippen LogP contribution in [-0.4, -0.2) is 49.9 Å². The molecule has 1 aliphatic rings. The molecule has 120 valence electrons. The van der Waals surface area contributed by atoms with Crippen LogP contribution in [0.5, 0.6) is 0 Å². The van der Waals surface area contributed by atoms with Crippen molar-refractivity contribution in [3.05, 3.63) is 12.2 Å². The van der Waals surface area contributed by atoms with Crippen LogP contribution in [0.2, 0.25) is 0 Å². The molecule has 0 N–H and O–H groups in total. The van der Waals surface area contributed by atoms with E-state index in [-0.39, 0.29) is 6.61 Å². The number of carbonyl (C=O) groups is 2. The van der Waals surface area contributed by atoms with Crippen LogP contribution in [0.25, 0.3) is 0 Å². The van der Waals surface area contributed by atoms with Crippen LogP contribution in [0.1, 0.15) is 27.7 Å². The molecule has 0 aromatic carbocycles. The molecule has 0 aromatic rings. The van der Waals surface area contributed by atoms with Gasteiger partial charge >= 0.3 is 11.9 Å². The first-order chi connectivity index (χ1) is 9.92. The summed E-state index contributed by atoms with van der Waals surface area (Å²) in [5.41, 5.74) is 0. The molecule has 0 spiro atoms. The Kier molecular flexibility index (Phi) is 7.35. The Hall–Kier alpha value is -1.44. The second-order valence-corrected chi connectivity index (χ2v) is 4.46. The van der Waals surface area contributed by atoms with Crippen molar-refractivity contribution < 1.29 is 33.3 Å². The Morgan fingerprint density at radius 3 is 2.52 bits per heavy atom. The molecule has 0 aromatic heterocycles. The minimum absolute atomic E-state index is 0.0273. The van der Waals surface area contributed by atoms with Crippen molar-refractivity contribution in [2.75, 3.05) is 13.2 Å². The van der Waals surface area contributed by atoms with E-state index >= 15 is 0 Å². The quantitative estimate of drug-likeness (QED) is 0.396. The third-order valence-corrected chi connectivity index (χ3v) is 2.61. The molecule has 1 rings (SSSR count). The van der Waals surface area contributed by atoms with Crippen molar-refractivity contribution >= 4 is 11.9 Å². The van der Waals surface area contributed by atoms with Crippen molar-refractivity contribution in [2.24, 2.45) is 0 Å². The van der Waals surface area contributed by atoms with E-state index < -0.39 is 36.7 Å². The smallest absolute Gasteiger partial charge is 0.303 e. The van der Waals surface area contributed by atoms with Crippen molar-refractivity contribution in [3.63, 3.8) is 0 Å². The standard InChI is InChI=1S/C14H22O7/c1-5-17-11(4)20-14-7-6-12(19-10(3)16)13(21-14)8-18-9(2)15/h6-7,11-14H,5,8H2,1-4H3/t11?,12-,13+,14-/m0/s1. The highest BCUT2D eigenvalue weighted by atomic mass is 16.8. The average molecular weight is 302 g/mol. The summed E-state index contributed by atoms with van der Waals surface area (Å²) < 4.78 is 26.4. The lowest BCUT2D eigenvalue weighted by molar-refractivity contribution is -0.250. The summed E-state index contributed by atoms with van der Waals surface area (Å²) in [5.74, 6) is -0.877. The number of rotatable bonds is 7. The van der Waals surface area contributed by atoms with E-state index in [9.17, 15) is 9.59 Å². The molecule has 0 amide bonds. The summed E-state index contributed by atoms with van der Waals surface area (Å²) in [4.78, 5) is 22.0. The fourth-order valence-corrected chi connectivity index (χ4v) is 1.80. The highest BCUT2D eigenvalue weighted by molar-refractivity contribution is 5.66. The number of esters is 2. The Labute approximate surface area is 124 Å². The van der Waals surface area contributed by atoms with Crippen LogP contribution in [0, 0.1) is 0 Å². The van der Waals surface area contributed by atoms with Gasteiger partial charge < -0.3 is 23.7 Å². The lowest BCUT2D eigenvalue weighted by atomic mass is 10.1. The Morgan fingerprint density at radius 2 is 1.95 bits per heavy atom. The Bertz CT molecular complexity index is 380. The molecule has 0 radical (unpaired) electrons. The molecule has 1 unspecified atom stereocenters. The maximum Gasteiger partial charge on any atom is 0.303 e. The summed E-state index contributed by atoms with van der Waals surface area (Å²) in [7, 11) is 0. The Balaban J connectivity index is 2.63. The van der Waals surface area contributed by atoms with Crippen LogP contribution in [0.15, 0.2) is 12.2 Å². The lowest BCUT2D eigenvalue weighted by Crippen LogP contribution is -2.43. The molecule has 0 bridgehead atoms. The van der Waals surface area contributed by atoms with Crippen LogP contribution in [0.3, 0.4) is 0 Å². The first kappa shape index (κ1) is 17.6. The van der Waals surface area contributed by atoms with Gasteiger partial charge in [-0.3, -0.25) is 9.59 Å². The second kappa shape index (κ2) is 8.76. The largest absolute Gasteiger partial charge is 0.463 e. The molecule has 21 heavy (non-hydrogen) atoms. The van der Waals surface area contributed by atoms with Crippen molar-refractivity contribution in [1.29, 1.82) is 0 Å². The van der Waals surface area contributed by atoms with Gasteiger partial charge in [-0.2, -0.15) is 0 Å². The molecule has 1 aliphatic heterocycles. The van der Waals surface area contributed by atoms with E-state index in [0.29, 0.717) is 6.61 Å². The van der Waals surface area contributed by atoms with Gasteiger partial charge in [0.1, 0.15) is 18.8 Å². The summed E-state index contributed by atoms with van der Waals surface area (Å²) in [6, 6.07) is 0. The highest BCUT2D eigenvalue weighted by Crippen LogP contribution is 2.19. The molecular weight excluding hydrogens is 280 g/mol. The first-order valence-corrected chi connectivity index (χ1v) is 6.83. The van der Waals surface area contributed by atoms with Crippen LogP contribution >= 0.6 is 0 Å². The van der Waals surface area contributed by atoms with Gasteiger partial charge in [-0.25, -0.2) is 0 Å². The lowest BCUT2D eigenvalue weighted by Gasteiger charge is -2.32. The molecule has 7 nitrogen and oxygen atoms in total. The molecule has 0 saturated heterocycles. The summed E-state index contributed by atoms with van der Waals surface area (Å²) >= 11 is 0. The number of ether oxygens (including phenoxy) is 5. The van der Waals surface area contributed by atoms with Gasteiger partial charge in [-0.05, 0) is 26.0 Å². The van der Waals surface area contributed by atoms with Gasteiger partial charge in [0.25, 0.3) is 0 Å². The SMILES string of the molecule is CCOC(C)O[C@@H]1C=C[C@H](OC(C)=O)[C@@H](COC(C)=O)O1. The fourth-order valence-electron chi connectivity index (χ4n) is 1.80. The summed E-state index contributed by atoms with van der Waals surface area (Å²) in [6.07, 6.45) is 0.949. The van der Waals surface area contributed by atoms with Crippen LogP contribution < -0.4 is 0 Å². The van der Waals surface area contributed by atoms with E-state index in [0.717, 1.165) is 0 Å². The van der Waals surface area contributed by atoms with Crippen LogP contribution in [0.4, 0.5) is 0 Å². The van der Waals surface area contributed by atoms with Crippen LogP contribution in [-0.2, 0) is 33.3 Å². The molecular formula is C14H22O7. The van der Waals surface area contributed by atoms with E-state index in [2.05, 4.69) is 0 Å². The zero-order valence-electron chi connectivity index (χ0n) is 12.7. The van der Waals surface area contributed by atoms with Gasteiger partial charge in [0.2, 0.25) is 0 Å². The topological polar surface area (TPSA) is 80.3 Å². The second-order valence-electron chi connectivity index (χ2n) is 4.46. The van der Waals surface area contributed by atoms with Crippen molar-refractivity contribution in [2.45, 2.75) is 52.5 Å². The van der Waals surface area contributed by atoms with E-state index in [4.69, 9.17) is 23.7 Å². The molecule has 4 atom stereocenters. The van der Waals surface area contributed by atoms with E-state index in [1.165, 1.54) is 13.8 Å². The zero-order chi connectivity index (χ0) is 15.8. The van der Waals surface area contributed by atoms with Gasteiger partial charge in [0.15, 0.2) is 12.6 Å². The maximum atomic E-state index is 11.1. The number of hydrogen-bond donors (Lipinski definition) is 0. The van der Waals surface area contributed by atoms with Gasteiger partial charge in [-0.1, -0.05) is 0 Å². The Morgan fingerprint density at radius 1 is 1.24 bits per heavy atom. The monoisotopic (exact) mass is 302 g/mol. The normalized spacial score (nSPS) is 26.2. The third-order valence-electron chi connectivity index (χ3n) is 2.61. The van der Waals surface area contributed by atoms with E-state index in [1.807, 2.05) is 6.92 Å². The number of carbonyl (C=O) groups excluding carboxylic acids is 2. The maximum absolute atomic E-state index is 11.1. The third kappa shape index (κ3) is 6.70. The minimum Gasteiger partial charge on any atom is -0.463 e. The summed E-state index contributed by atoms with van der Waals surface area (Å²) in [5, 5.41) is 0. The predicted molar refractivity (Wildman–Crippen MR) is 72.2 cm³/mol. The molecule has 0 aliphatic carbocycles. The highest BCUT2D eigenvalue weighted by Gasteiger charge is 2.31. The van der Waals surface area contributed by atoms with Crippen molar-refractivity contribution in [1.82, 2.24) is 0 Å². The summed E-state index contributed by atoms with van der Waals surface area (Å²) in [6.45, 7) is 6.70. The zero-order valence-corrected chi connectivity index (χ0v) is 12.7.